The second kappa shape index (κ2) is 11.9. The Bertz CT molecular complexity index is 1530. The number of halogens is 1. The van der Waals surface area contributed by atoms with Crippen molar-refractivity contribution in [1.29, 1.82) is 0 Å². The minimum atomic E-state index is -0.426. The Labute approximate surface area is 233 Å². The lowest BCUT2D eigenvalue weighted by molar-refractivity contribution is -0.134. The average molecular weight is 542 g/mol. The molecule has 3 aromatic carbocycles. The van der Waals surface area contributed by atoms with Crippen LogP contribution >= 0.6 is 11.6 Å². The van der Waals surface area contributed by atoms with Gasteiger partial charge < -0.3 is 9.64 Å². The van der Waals surface area contributed by atoms with Crippen molar-refractivity contribution in [2.24, 2.45) is 13.0 Å². The number of ether oxygens (including phenoxy) is 1. The molecule has 1 aliphatic carbocycles. The van der Waals surface area contributed by atoms with Crippen molar-refractivity contribution in [3.8, 4) is 11.1 Å². The van der Waals surface area contributed by atoms with E-state index in [1.807, 2.05) is 59.2 Å². The van der Waals surface area contributed by atoms with E-state index in [9.17, 15) is 9.59 Å². The zero-order chi connectivity index (χ0) is 27.4. The van der Waals surface area contributed by atoms with Crippen LogP contribution in [-0.2, 0) is 27.9 Å². The first kappa shape index (κ1) is 26.7. The van der Waals surface area contributed by atoms with Gasteiger partial charge in [0.15, 0.2) is 0 Å². The standard InChI is InChI=1S/C32H32ClN3O3/c1-35-30-15-14-24(18-27(30)20-34-35)25-12-13-26(29(33)19-25)21-36(32(38)23-8-4-3-5-9-23)28-10-6-7-22(17-28)11-16-31(37)39-2/h6-7,10-20,23H,3-5,8-9,21H2,1-2H3. The number of anilines is 1. The van der Waals surface area contributed by atoms with E-state index >= 15 is 0 Å². The summed E-state index contributed by atoms with van der Waals surface area (Å²) in [4.78, 5) is 27.3. The van der Waals surface area contributed by atoms with Gasteiger partial charge in [-0.05, 0) is 71.5 Å². The number of aryl methyl sites for hydroxylation is 1. The van der Waals surface area contributed by atoms with Crippen molar-refractivity contribution in [2.45, 2.75) is 38.6 Å². The van der Waals surface area contributed by atoms with Crippen LogP contribution in [0.4, 0.5) is 5.69 Å². The molecule has 1 fully saturated rings. The van der Waals surface area contributed by atoms with Gasteiger partial charge in [-0.3, -0.25) is 9.48 Å². The molecule has 1 aromatic heterocycles. The summed E-state index contributed by atoms with van der Waals surface area (Å²) < 4.78 is 6.57. The third-order valence-corrected chi connectivity index (χ3v) is 7.83. The van der Waals surface area contributed by atoms with Gasteiger partial charge in [-0.25, -0.2) is 4.79 Å². The Kier molecular flexibility index (Phi) is 8.13. The minimum absolute atomic E-state index is 0.00252. The number of hydrogen-bond donors (Lipinski definition) is 0. The normalized spacial score (nSPS) is 14.1. The highest BCUT2D eigenvalue weighted by Gasteiger charge is 2.27. The highest BCUT2D eigenvalue weighted by Crippen LogP contribution is 2.32. The minimum Gasteiger partial charge on any atom is -0.466 e. The first-order valence-electron chi connectivity index (χ1n) is 13.3. The number of aromatic nitrogens is 2. The van der Waals surface area contributed by atoms with Crippen molar-refractivity contribution in [2.75, 3.05) is 12.0 Å². The van der Waals surface area contributed by atoms with Gasteiger partial charge >= 0.3 is 5.97 Å². The largest absolute Gasteiger partial charge is 0.466 e. The molecule has 39 heavy (non-hydrogen) atoms. The molecule has 5 rings (SSSR count). The fourth-order valence-corrected chi connectivity index (χ4v) is 5.50. The maximum Gasteiger partial charge on any atom is 0.330 e. The second-order valence-electron chi connectivity index (χ2n) is 10.1. The topological polar surface area (TPSA) is 64.4 Å². The molecule has 1 saturated carbocycles. The molecule has 0 bridgehead atoms. The van der Waals surface area contributed by atoms with Gasteiger partial charge in [0.25, 0.3) is 0 Å². The smallest absolute Gasteiger partial charge is 0.330 e. The molecule has 0 radical (unpaired) electrons. The first-order chi connectivity index (χ1) is 18.9. The van der Waals surface area contributed by atoms with Crippen LogP contribution < -0.4 is 4.90 Å². The second-order valence-corrected chi connectivity index (χ2v) is 10.5. The lowest BCUT2D eigenvalue weighted by atomic mass is 9.88. The van der Waals surface area contributed by atoms with Crippen LogP contribution in [0.25, 0.3) is 28.1 Å². The molecule has 200 valence electrons. The van der Waals surface area contributed by atoms with Crippen molar-refractivity contribution in [1.82, 2.24) is 9.78 Å². The number of fused-ring (bicyclic) bond motifs is 1. The van der Waals surface area contributed by atoms with E-state index in [1.54, 1.807) is 6.08 Å². The van der Waals surface area contributed by atoms with Gasteiger partial charge in [-0.15, -0.1) is 0 Å². The van der Waals surface area contributed by atoms with Crippen molar-refractivity contribution in [3.63, 3.8) is 0 Å². The fourth-order valence-electron chi connectivity index (χ4n) is 5.26. The van der Waals surface area contributed by atoms with Crippen LogP contribution in [0.15, 0.2) is 72.9 Å². The Balaban J connectivity index is 1.45. The highest BCUT2D eigenvalue weighted by atomic mass is 35.5. The summed E-state index contributed by atoms with van der Waals surface area (Å²) in [6.07, 6.45) is 10.1. The maximum atomic E-state index is 13.8. The number of carbonyl (C=O) groups is 2. The molecule has 0 atom stereocenters. The van der Waals surface area contributed by atoms with E-state index in [4.69, 9.17) is 16.3 Å². The Morgan fingerprint density at radius 3 is 2.59 bits per heavy atom. The molecule has 4 aromatic rings. The van der Waals surface area contributed by atoms with E-state index < -0.39 is 5.97 Å². The number of hydrogen-bond acceptors (Lipinski definition) is 4. The maximum absolute atomic E-state index is 13.8. The number of benzene rings is 3. The predicted octanol–water partition coefficient (Wildman–Crippen LogP) is 7.19. The van der Waals surface area contributed by atoms with E-state index in [0.29, 0.717) is 11.6 Å². The van der Waals surface area contributed by atoms with Gasteiger partial charge in [-0.1, -0.05) is 61.2 Å². The number of carbonyl (C=O) groups excluding carboxylic acids is 2. The molecule has 7 heteroatoms. The van der Waals surface area contributed by atoms with Crippen LogP contribution in [0, 0.1) is 5.92 Å². The van der Waals surface area contributed by atoms with Crippen LogP contribution in [0.2, 0.25) is 5.02 Å². The first-order valence-corrected chi connectivity index (χ1v) is 13.7. The summed E-state index contributed by atoms with van der Waals surface area (Å²) in [5.74, 6) is -0.312. The summed E-state index contributed by atoms with van der Waals surface area (Å²) in [5.41, 5.74) is 5.61. The molecule has 1 amide bonds. The van der Waals surface area contributed by atoms with E-state index in [2.05, 4.69) is 29.4 Å². The van der Waals surface area contributed by atoms with E-state index in [0.717, 1.165) is 64.5 Å². The van der Waals surface area contributed by atoms with Crippen LogP contribution in [0.3, 0.4) is 0 Å². The number of esters is 1. The molecule has 0 unspecified atom stereocenters. The number of rotatable bonds is 7. The molecule has 0 saturated heterocycles. The zero-order valence-electron chi connectivity index (χ0n) is 22.3. The number of nitrogens with zero attached hydrogens (tertiary/aromatic N) is 3. The summed E-state index contributed by atoms with van der Waals surface area (Å²) in [6.45, 7) is 0.361. The van der Waals surface area contributed by atoms with Gasteiger partial charge in [-0.2, -0.15) is 5.10 Å². The predicted molar refractivity (Wildman–Crippen MR) is 156 cm³/mol. The lowest BCUT2D eigenvalue weighted by Crippen LogP contribution is -2.36. The third-order valence-electron chi connectivity index (χ3n) is 7.48. The molecular formula is C32H32ClN3O3. The highest BCUT2D eigenvalue weighted by molar-refractivity contribution is 6.31. The average Bonchev–Trinajstić information content (AvgIpc) is 3.35. The van der Waals surface area contributed by atoms with Crippen molar-refractivity contribution in [3.05, 3.63) is 89.1 Å². The Morgan fingerprint density at radius 1 is 1.05 bits per heavy atom. The number of methoxy groups -OCH3 is 1. The van der Waals surface area contributed by atoms with Crippen LogP contribution in [-0.4, -0.2) is 28.8 Å². The Hall–Kier alpha value is -3.90. The number of amides is 1. The van der Waals surface area contributed by atoms with Crippen molar-refractivity contribution < 1.29 is 14.3 Å². The zero-order valence-corrected chi connectivity index (χ0v) is 23.0. The summed E-state index contributed by atoms with van der Waals surface area (Å²) >= 11 is 6.84. The molecule has 6 nitrogen and oxygen atoms in total. The SMILES string of the molecule is COC(=O)C=Cc1cccc(N(Cc2ccc(-c3ccc4c(cnn4C)c3)cc2Cl)C(=O)C2CCCCC2)c1. The van der Waals surface area contributed by atoms with Crippen LogP contribution in [0.1, 0.15) is 43.2 Å². The molecule has 1 aliphatic rings. The quantitative estimate of drug-likeness (QED) is 0.183. The van der Waals surface area contributed by atoms with Gasteiger partial charge in [0.1, 0.15) is 0 Å². The van der Waals surface area contributed by atoms with E-state index in [-0.39, 0.29) is 11.8 Å². The van der Waals surface area contributed by atoms with Gasteiger partial charge in [0.2, 0.25) is 5.91 Å². The van der Waals surface area contributed by atoms with Gasteiger partial charge in [0, 0.05) is 35.1 Å². The van der Waals surface area contributed by atoms with Crippen molar-refractivity contribution >= 4 is 46.1 Å². The molecular weight excluding hydrogens is 510 g/mol. The summed E-state index contributed by atoms with van der Waals surface area (Å²) in [5, 5.41) is 6.02. The molecule has 1 heterocycles. The third kappa shape index (κ3) is 6.07. The molecule has 0 N–H and O–H groups in total. The van der Waals surface area contributed by atoms with Crippen LogP contribution in [0.5, 0.6) is 0 Å². The van der Waals surface area contributed by atoms with Gasteiger partial charge in [0.05, 0.1) is 25.4 Å². The fraction of sp³-hybridized carbons (Fsp3) is 0.281. The van der Waals surface area contributed by atoms with E-state index in [1.165, 1.54) is 19.6 Å². The molecule has 0 spiro atoms. The summed E-state index contributed by atoms with van der Waals surface area (Å²) in [6, 6.07) is 19.9. The lowest BCUT2D eigenvalue weighted by Gasteiger charge is -2.30. The molecule has 0 aliphatic heterocycles. The Morgan fingerprint density at radius 2 is 1.82 bits per heavy atom. The summed E-state index contributed by atoms with van der Waals surface area (Å²) in [7, 11) is 3.28. The monoisotopic (exact) mass is 541 g/mol.